The number of carbonyl (C=O) groups excluding carboxylic acids is 2. The van der Waals surface area contributed by atoms with Crippen molar-refractivity contribution in [1.29, 1.82) is 0 Å². The molecule has 0 radical (unpaired) electrons. The van der Waals surface area contributed by atoms with Gasteiger partial charge in [0.25, 0.3) is 0 Å². The summed E-state index contributed by atoms with van der Waals surface area (Å²) in [5, 5.41) is 5.26. The summed E-state index contributed by atoms with van der Waals surface area (Å²) in [4.78, 5) is 24.3. The van der Waals surface area contributed by atoms with Crippen LogP contribution in [0.2, 0.25) is 0 Å². The Kier molecular flexibility index (Phi) is 5.92. The molecular weight excluding hydrogens is 336 g/mol. The third-order valence-electron chi connectivity index (χ3n) is 3.53. The number of rotatable bonds is 6. The molecule has 8 heteroatoms. The number of urea groups is 1. The lowest BCUT2D eigenvalue weighted by Crippen LogP contribution is -2.46. The predicted octanol–water partition coefficient (Wildman–Crippen LogP) is 2.11. The minimum absolute atomic E-state index is 0.0312. The molecular formula is C16H19ClN2O5. The van der Waals surface area contributed by atoms with Crippen LogP contribution in [0, 0.1) is 0 Å². The number of benzene rings is 1. The van der Waals surface area contributed by atoms with Crippen LogP contribution in [0.5, 0.6) is 11.5 Å². The third kappa shape index (κ3) is 3.56. The molecule has 1 aliphatic heterocycles. The van der Waals surface area contributed by atoms with Crippen LogP contribution in [-0.2, 0) is 9.53 Å². The molecule has 24 heavy (non-hydrogen) atoms. The zero-order chi connectivity index (χ0) is 17.7. The van der Waals surface area contributed by atoms with Crippen LogP contribution in [0.1, 0.15) is 18.5 Å². The second-order valence-electron chi connectivity index (χ2n) is 4.89. The van der Waals surface area contributed by atoms with Crippen molar-refractivity contribution in [3.63, 3.8) is 0 Å². The van der Waals surface area contributed by atoms with Gasteiger partial charge in [0.05, 0.1) is 38.3 Å². The van der Waals surface area contributed by atoms with Crippen molar-refractivity contribution in [1.82, 2.24) is 10.6 Å². The molecule has 1 aliphatic rings. The topological polar surface area (TPSA) is 85.9 Å². The van der Waals surface area contributed by atoms with Crippen molar-refractivity contribution < 1.29 is 23.8 Å². The van der Waals surface area contributed by atoms with Crippen LogP contribution in [0.15, 0.2) is 29.5 Å². The van der Waals surface area contributed by atoms with Crippen molar-refractivity contribution in [2.24, 2.45) is 0 Å². The molecule has 2 N–H and O–H groups in total. The average molecular weight is 355 g/mol. The summed E-state index contributed by atoms with van der Waals surface area (Å²) in [6.45, 7) is 1.91. The van der Waals surface area contributed by atoms with Crippen LogP contribution in [0.4, 0.5) is 4.79 Å². The van der Waals surface area contributed by atoms with E-state index in [1.54, 1.807) is 25.1 Å². The molecule has 1 aromatic carbocycles. The highest BCUT2D eigenvalue weighted by Gasteiger charge is 2.35. The van der Waals surface area contributed by atoms with Gasteiger partial charge in [0, 0.05) is 17.3 Å². The zero-order valence-electron chi connectivity index (χ0n) is 13.6. The number of hydrogen-bond acceptors (Lipinski definition) is 5. The number of amides is 2. The fourth-order valence-corrected chi connectivity index (χ4v) is 2.67. The number of alkyl halides is 1. The Morgan fingerprint density at radius 3 is 2.62 bits per heavy atom. The molecule has 130 valence electrons. The first kappa shape index (κ1) is 17.9. The SMILES string of the molecule is CCOC(=O)C1=C(CCl)NC(=O)NC1c1ccc(OC)cc1OC. The van der Waals surface area contributed by atoms with E-state index in [-0.39, 0.29) is 18.1 Å². The van der Waals surface area contributed by atoms with E-state index >= 15 is 0 Å². The molecule has 1 atom stereocenters. The molecule has 2 amide bonds. The Bertz CT molecular complexity index is 674. The van der Waals surface area contributed by atoms with E-state index in [9.17, 15) is 9.59 Å². The number of hydrogen-bond donors (Lipinski definition) is 2. The van der Waals surface area contributed by atoms with Crippen LogP contribution < -0.4 is 20.1 Å². The molecule has 0 saturated carbocycles. The molecule has 0 bridgehead atoms. The third-order valence-corrected chi connectivity index (χ3v) is 3.80. The molecule has 0 aromatic heterocycles. The van der Waals surface area contributed by atoms with Gasteiger partial charge in [0.15, 0.2) is 0 Å². The lowest BCUT2D eigenvalue weighted by atomic mass is 9.94. The van der Waals surface area contributed by atoms with Gasteiger partial charge in [-0.2, -0.15) is 0 Å². The maximum absolute atomic E-state index is 12.4. The highest BCUT2D eigenvalue weighted by Crippen LogP contribution is 2.35. The zero-order valence-corrected chi connectivity index (χ0v) is 14.4. The van der Waals surface area contributed by atoms with Crippen molar-refractivity contribution in [3.05, 3.63) is 35.0 Å². The lowest BCUT2D eigenvalue weighted by Gasteiger charge is -2.29. The van der Waals surface area contributed by atoms with Gasteiger partial charge in [0.2, 0.25) is 0 Å². The van der Waals surface area contributed by atoms with Crippen LogP contribution in [0.25, 0.3) is 0 Å². The molecule has 0 saturated heterocycles. The van der Waals surface area contributed by atoms with Crippen LogP contribution in [-0.4, -0.2) is 38.7 Å². The van der Waals surface area contributed by atoms with Gasteiger partial charge in [0.1, 0.15) is 11.5 Å². The Morgan fingerprint density at radius 1 is 1.29 bits per heavy atom. The van der Waals surface area contributed by atoms with Crippen molar-refractivity contribution in [3.8, 4) is 11.5 Å². The van der Waals surface area contributed by atoms with Gasteiger partial charge in [-0.05, 0) is 19.1 Å². The number of allylic oxidation sites excluding steroid dienone is 1. The number of halogens is 1. The Morgan fingerprint density at radius 2 is 2.04 bits per heavy atom. The van der Waals surface area contributed by atoms with Crippen molar-refractivity contribution in [2.75, 3.05) is 26.7 Å². The highest BCUT2D eigenvalue weighted by atomic mass is 35.5. The first-order chi connectivity index (χ1) is 11.5. The van der Waals surface area contributed by atoms with E-state index in [0.717, 1.165) is 0 Å². The van der Waals surface area contributed by atoms with Crippen LogP contribution >= 0.6 is 11.6 Å². The normalized spacial score (nSPS) is 17.0. The summed E-state index contributed by atoms with van der Waals surface area (Å²) in [6, 6.07) is 3.91. The minimum atomic E-state index is -0.743. The summed E-state index contributed by atoms with van der Waals surface area (Å²) in [6.07, 6.45) is 0. The van der Waals surface area contributed by atoms with Gasteiger partial charge in [-0.1, -0.05) is 0 Å². The molecule has 2 rings (SSSR count). The fraction of sp³-hybridized carbons (Fsp3) is 0.375. The minimum Gasteiger partial charge on any atom is -0.497 e. The summed E-state index contributed by atoms with van der Waals surface area (Å²) in [7, 11) is 3.04. The molecule has 0 spiro atoms. The Balaban J connectivity index is 2.56. The largest absolute Gasteiger partial charge is 0.497 e. The summed E-state index contributed by atoms with van der Waals surface area (Å²) in [5.74, 6) is 0.479. The summed E-state index contributed by atoms with van der Waals surface area (Å²) < 4.78 is 15.7. The number of ether oxygens (including phenoxy) is 3. The van der Waals surface area contributed by atoms with Crippen molar-refractivity contribution in [2.45, 2.75) is 13.0 Å². The summed E-state index contributed by atoms with van der Waals surface area (Å²) >= 11 is 5.90. The number of esters is 1. The summed E-state index contributed by atoms with van der Waals surface area (Å²) in [5.41, 5.74) is 1.15. The first-order valence-electron chi connectivity index (χ1n) is 7.31. The van der Waals surface area contributed by atoms with Gasteiger partial charge in [-0.3, -0.25) is 0 Å². The molecule has 1 unspecified atom stereocenters. The maximum Gasteiger partial charge on any atom is 0.338 e. The monoisotopic (exact) mass is 354 g/mol. The Labute approximate surface area is 144 Å². The first-order valence-corrected chi connectivity index (χ1v) is 7.84. The van der Waals surface area contributed by atoms with Crippen molar-refractivity contribution >= 4 is 23.6 Å². The quantitative estimate of drug-likeness (QED) is 0.603. The maximum atomic E-state index is 12.4. The second-order valence-corrected chi connectivity index (χ2v) is 5.15. The van der Waals surface area contributed by atoms with Gasteiger partial charge < -0.3 is 24.8 Å². The number of carbonyl (C=O) groups is 2. The molecule has 1 heterocycles. The van der Waals surface area contributed by atoms with E-state index in [2.05, 4.69) is 10.6 Å². The van der Waals surface area contributed by atoms with E-state index < -0.39 is 18.0 Å². The molecule has 1 aromatic rings. The van der Waals surface area contributed by atoms with E-state index in [0.29, 0.717) is 22.8 Å². The van der Waals surface area contributed by atoms with Gasteiger partial charge >= 0.3 is 12.0 Å². The molecule has 0 fully saturated rings. The number of nitrogens with one attached hydrogen (secondary N) is 2. The van der Waals surface area contributed by atoms with E-state index in [4.69, 9.17) is 25.8 Å². The predicted molar refractivity (Wildman–Crippen MR) is 88.3 cm³/mol. The van der Waals surface area contributed by atoms with Crippen LogP contribution in [0.3, 0.4) is 0 Å². The van der Waals surface area contributed by atoms with E-state index in [1.165, 1.54) is 14.2 Å². The smallest absolute Gasteiger partial charge is 0.338 e. The molecule has 0 aliphatic carbocycles. The molecule has 7 nitrogen and oxygen atoms in total. The van der Waals surface area contributed by atoms with Gasteiger partial charge in [-0.15, -0.1) is 11.6 Å². The van der Waals surface area contributed by atoms with Gasteiger partial charge in [-0.25, -0.2) is 9.59 Å². The average Bonchev–Trinajstić information content (AvgIpc) is 2.60. The standard InChI is InChI=1S/C16H19ClN2O5/c1-4-24-15(20)13-11(8-17)18-16(21)19-14(13)10-6-5-9(22-2)7-12(10)23-3/h5-7,14H,4,8H2,1-3H3,(H2,18,19,21). The second kappa shape index (κ2) is 7.92. The lowest BCUT2D eigenvalue weighted by molar-refractivity contribution is -0.139. The number of methoxy groups -OCH3 is 2. The Hall–Kier alpha value is -2.41. The highest BCUT2D eigenvalue weighted by molar-refractivity contribution is 6.20. The fourth-order valence-electron chi connectivity index (χ4n) is 2.46. The van der Waals surface area contributed by atoms with E-state index in [1.807, 2.05) is 0 Å².